The van der Waals surface area contributed by atoms with Crippen LogP contribution in [0.4, 0.5) is 0 Å². The van der Waals surface area contributed by atoms with Crippen LogP contribution in [-0.4, -0.2) is 24.4 Å². The van der Waals surface area contributed by atoms with Crippen molar-refractivity contribution in [1.29, 1.82) is 0 Å². The molecule has 0 aliphatic carbocycles. The summed E-state index contributed by atoms with van der Waals surface area (Å²) in [5.41, 5.74) is 7.25. The van der Waals surface area contributed by atoms with Gasteiger partial charge in [0.25, 0.3) is 5.91 Å². The van der Waals surface area contributed by atoms with Crippen LogP contribution in [0.15, 0.2) is 24.3 Å². The molecule has 4 N–H and O–H groups in total. The minimum atomic E-state index is -0.218. The Hall–Kier alpha value is -1.88. The average Bonchev–Trinajstić information content (AvgIpc) is 2.44. The van der Waals surface area contributed by atoms with Gasteiger partial charge in [-0.15, -0.1) is 0 Å². The molecule has 1 aromatic carbocycles. The number of hydrogen-bond acceptors (Lipinski definition) is 3. The summed E-state index contributed by atoms with van der Waals surface area (Å²) >= 11 is 0. The van der Waals surface area contributed by atoms with E-state index in [4.69, 9.17) is 5.73 Å². The third-order valence-corrected chi connectivity index (χ3v) is 3.22. The summed E-state index contributed by atoms with van der Waals surface area (Å²) in [7, 11) is 0. The Labute approximate surface area is 119 Å². The Kier molecular flexibility index (Phi) is 6.18. The molecule has 0 aromatic heterocycles. The fourth-order valence-corrected chi connectivity index (χ4v) is 1.63. The molecule has 2 amide bonds. The molecule has 2 atom stereocenters. The van der Waals surface area contributed by atoms with Crippen molar-refractivity contribution < 1.29 is 9.59 Å². The van der Waals surface area contributed by atoms with Crippen LogP contribution in [0.5, 0.6) is 0 Å². The van der Waals surface area contributed by atoms with Crippen molar-refractivity contribution in [2.75, 3.05) is 6.54 Å². The van der Waals surface area contributed by atoms with Gasteiger partial charge in [0.15, 0.2) is 0 Å². The molecule has 0 bridgehead atoms. The van der Waals surface area contributed by atoms with E-state index < -0.39 is 0 Å². The van der Waals surface area contributed by atoms with Crippen molar-refractivity contribution in [3.63, 3.8) is 0 Å². The fraction of sp³-hybridized carbons (Fsp3) is 0.467. The predicted octanol–water partition coefficient (Wildman–Crippen LogP) is 1.04. The van der Waals surface area contributed by atoms with Gasteiger partial charge in [0.05, 0.1) is 0 Å². The molecule has 0 spiro atoms. The molecular weight excluding hydrogens is 254 g/mol. The van der Waals surface area contributed by atoms with Crippen molar-refractivity contribution in [3.8, 4) is 0 Å². The lowest BCUT2D eigenvalue weighted by Crippen LogP contribution is -2.38. The Balaban J connectivity index is 2.54. The van der Waals surface area contributed by atoms with Gasteiger partial charge in [-0.1, -0.05) is 19.1 Å². The van der Waals surface area contributed by atoms with Crippen molar-refractivity contribution in [1.82, 2.24) is 10.6 Å². The first kappa shape index (κ1) is 16.2. The van der Waals surface area contributed by atoms with E-state index in [0.29, 0.717) is 18.7 Å². The minimum absolute atomic E-state index is 0.0622. The molecule has 0 aliphatic heterocycles. The molecule has 2 unspecified atom stereocenters. The van der Waals surface area contributed by atoms with Gasteiger partial charge in [-0.3, -0.25) is 9.59 Å². The zero-order valence-electron chi connectivity index (χ0n) is 12.3. The van der Waals surface area contributed by atoms with Crippen molar-refractivity contribution in [3.05, 3.63) is 35.4 Å². The molecular formula is C15H23N3O2. The first-order chi connectivity index (χ1) is 9.45. The van der Waals surface area contributed by atoms with Gasteiger partial charge in [-0.25, -0.2) is 0 Å². The Morgan fingerprint density at radius 3 is 2.25 bits per heavy atom. The molecule has 5 nitrogen and oxygen atoms in total. The Morgan fingerprint density at radius 2 is 1.75 bits per heavy atom. The maximum Gasteiger partial charge on any atom is 0.251 e. The molecule has 110 valence electrons. The standard InChI is InChI=1S/C15H23N3O2/c1-4-17-15(20)13-7-5-12(6-8-13)9-18-14(19)10(2)11(3)16/h5-8,10-11H,4,9,16H2,1-3H3,(H,17,20)(H,18,19). The summed E-state index contributed by atoms with van der Waals surface area (Å²) in [4.78, 5) is 23.4. The van der Waals surface area contributed by atoms with Crippen LogP contribution >= 0.6 is 0 Å². The van der Waals surface area contributed by atoms with Gasteiger partial charge in [-0.2, -0.15) is 0 Å². The summed E-state index contributed by atoms with van der Waals surface area (Å²) in [6.45, 7) is 6.53. The number of carbonyl (C=O) groups is 2. The van der Waals surface area contributed by atoms with Crippen molar-refractivity contribution in [2.24, 2.45) is 11.7 Å². The topological polar surface area (TPSA) is 84.2 Å². The fourth-order valence-electron chi connectivity index (χ4n) is 1.63. The number of nitrogens with two attached hydrogens (primary N) is 1. The average molecular weight is 277 g/mol. The molecule has 0 fully saturated rings. The van der Waals surface area contributed by atoms with Gasteiger partial charge in [0.2, 0.25) is 5.91 Å². The molecule has 1 aromatic rings. The number of carbonyl (C=O) groups excluding carboxylic acids is 2. The number of benzene rings is 1. The number of hydrogen-bond donors (Lipinski definition) is 3. The highest BCUT2D eigenvalue weighted by Crippen LogP contribution is 2.05. The molecule has 20 heavy (non-hydrogen) atoms. The second-order valence-corrected chi connectivity index (χ2v) is 4.92. The summed E-state index contributed by atoms with van der Waals surface area (Å²) < 4.78 is 0. The second kappa shape index (κ2) is 7.65. The smallest absolute Gasteiger partial charge is 0.251 e. The van der Waals surface area contributed by atoms with Crippen molar-refractivity contribution >= 4 is 11.8 Å². The largest absolute Gasteiger partial charge is 0.352 e. The lowest BCUT2D eigenvalue weighted by Gasteiger charge is -2.15. The first-order valence-electron chi connectivity index (χ1n) is 6.86. The lowest BCUT2D eigenvalue weighted by molar-refractivity contribution is -0.125. The highest BCUT2D eigenvalue weighted by molar-refractivity contribution is 5.94. The van der Waals surface area contributed by atoms with Gasteiger partial charge in [0.1, 0.15) is 0 Å². The van der Waals surface area contributed by atoms with Crippen LogP contribution < -0.4 is 16.4 Å². The first-order valence-corrected chi connectivity index (χ1v) is 6.86. The quantitative estimate of drug-likeness (QED) is 0.726. The van der Waals surface area contributed by atoms with Gasteiger partial charge in [-0.05, 0) is 31.5 Å². The molecule has 5 heteroatoms. The van der Waals surface area contributed by atoms with Crippen LogP contribution in [0, 0.1) is 5.92 Å². The molecule has 0 saturated heterocycles. The summed E-state index contributed by atoms with van der Waals surface area (Å²) in [6.07, 6.45) is 0. The van der Waals surface area contributed by atoms with E-state index in [-0.39, 0.29) is 23.8 Å². The minimum Gasteiger partial charge on any atom is -0.352 e. The van der Waals surface area contributed by atoms with Crippen LogP contribution in [0.1, 0.15) is 36.7 Å². The van der Waals surface area contributed by atoms with E-state index in [2.05, 4.69) is 10.6 Å². The van der Waals surface area contributed by atoms with Gasteiger partial charge < -0.3 is 16.4 Å². The normalized spacial score (nSPS) is 13.4. The molecule has 0 saturated carbocycles. The maximum absolute atomic E-state index is 11.8. The Morgan fingerprint density at radius 1 is 1.15 bits per heavy atom. The van der Waals surface area contributed by atoms with Gasteiger partial charge >= 0.3 is 0 Å². The molecule has 0 aliphatic rings. The van der Waals surface area contributed by atoms with E-state index in [1.807, 2.05) is 26.0 Å². The highest BCUT2D eigenvalue weighted by atomic mass is 16.2. The third-order valence-electron chi connectivity index (χ3n) is 3.22. The van der Waals surface area contributed by atoms with E-state index in [9.17, 15) is 9.59 Å². The van der Waals surface area contributed by atoms with Crippen LogP contribution in [-0.2, 0) is 11.3 Å². The summed E-state index contributed by atoms with van der Waals surface area (Å²) in [5, 5.41) is 5.57. The summed E-state index contributed by atoms with van der Waals surface area (Å²) in [5.74, 6) is -0.369. The van der Waals surface area contributed by atoms with Gasteiger partial charge in [0, 0.05) is 30.6 Å². The maximum atomic E-state index is 11.8. The predicted molar refractivity (Wildman–Crippen MR) is 79.1 cm³/mol. The number of nitrogens with one attached hydrogen (secondary N) is 2. The van der Waals surface area contributed by atoms with Crippen LogP contribution in [0.25, 0.3) is 0 Å². The lowest BCUT2D eigenvalue weighted by atomic mass is 10.0. The molecule has 0 radical (unpaired) electrons. The zero-order valence-corrected chi connectivity index (χ0v) is 12.3. The van der Waals surface area contributed by atoms with E-state index >= 15 is 0 Å². The molecule has 0 heterocycles. The summed E-state index contributed by atoms with van der Waals surface area (Å²) in [6, 6.07) is 7.00. The highest BCUT2D eigenvalue weighted by Gasteiger charge is 2.16. The van der Waals surface area contributed by atoms with E-state index in [1.54, 1.807) is 19.1 Å². The Bertz CT molecular complexity index is 455. The monoisotopic (exact) mass is 277 g/mol. The third kappa shape index (κ3) is 4.66. The van der Waals surface area contributed by atoms with E-state index in [0.717, 1.165) is 5.56 Å². The van der Waals surface area contributed by atoms with Crippen LogP contribution in [0.2, 0.25) is 0 Å². The molecule has 1 rings (SSSR count). The zero-order chi connectivity index (χ0) is 15.1. The number of rotatable bonds is 6. The number of amides is 2. The van der Waals surface area contributed by atoms with Crippen molar-refractivity contribution in [2.45, 2.75) is 33.4 Å². The van der Waals surface area contributed by atoms with Crippen LogP contribution in [0.3, 0.4) is 0 Å². The second-order valence-electron chi connectivity index (χ2n) is 4.92. The van der Waals surface area contributed by atoms with E-state index in [1.165, 1.54) is 0 Å². The SMILES string of the molecule is CCNC(=O)c1ccc(CNC(=O)C(C)C(C)N)cc1.